The van der Waals surface area contributed by atoms with Crippen molar-refractivity contribution < 1.29 is 19.3 Å². The average molecular weight is 377 g/mol. The second kappa shape index (κ2) is 7.40. The van der Waals surface area contributed by atoms with Crippen LogP contribution in [0.1, 0.15) is 5.56 Å². The Balaban J connectivity index is 1.48. The molecule has 0 bridgehead atoms. The molecule has 0 amide bonds. The Morgan fingerprint density at radius 1 is 0.893 bits per heavy atom. The highest BCUT2D eigenvalue weighted by atomic mass is 19.1. The first-order chi connectivity index (χ1) is 13.6. The fourth-order valence-electron chi connectivity index (χ4n) is 2.70. The van der Waals surface area contributed by atoms with Crippen molar-refractivity contribution >= 4 is 22.4 Å². The Morgan fingerprint density at radius 2 is 1.61 bits per heavy atom. The first-order valence-corrected chi connectivity index (χ1v) is 8.49. The zero-order chi connectivity index (χ0) is 19.5. The van der Waals surface area contributed by atoms with Crippen molar-refractivity contribution in [2.24, 2.45) is 0 Å². The van der Waals surface area contributed by atoms with Crippen LogP contribution in [0.3, 0.4) is 0 Å². The molecule has 3 N–H and O–H groups in total. The van der Waals surface area contributed by atoms with Crippen LogP contribution >= 0.6 is 0 Å². The Morgan fingerprint density at radius 3 is 2.36 bits per heavy atom. The molecule has 3 aromatic carbocycles. The lowest BCUT2D eigenvalue weighted by atomic mass is 10.2. The molecule has 4 rings (SSSR count). The van der Waals surface area contributed by atoms with E-state index in [0.717, 1.165) is 11.3 Å². The van der Waals surface area contributed by atoms with Crippen LogP contribution in [0.25, 0.3) is 10.9 Å². The van der Waals surface area contributed by atoms with Crippen LogP contribution in [0.2, 0.25) is 0 Å². The summed E-state index contributed by atoms with van der Waals surface area (Å²) >= 11 is 0. The van der Waals surface area contributed by atoms with Crippen LogP contribution in [-0.2, 0) is 6.61 Å². The zero-order valence-electron chi connectivity index (χ0n) is 14.6. The van der Waals surface area contributed by atoms with Crippen molar-refractivity contribution in [2.45, 2.75) is 6.61 Å². The predicted octanol–water partition coefficient (Wildman–Crippen LogP) is 4.50. The maximum Gasteiger partial charge on any atom is 0.159 e. The summed E-state index contributed by atoms with van der Waals surface area (Å²) in [4.78, 5) is 8.29. The van der Waals surface area contributed by atoms with E-state index in [0.29, 0.717) is 29.1 Å². The van der Waals surface area contributed by atoms with Crippen LogP contribution in [0, 0.1) is 5.82 Å². The highest BCUT2D eigenvalue weighted by Gasteiger charge is 2.09. The van der Waals surface area contributed by atoms with Gasteiger partial charge in [0.05, 0.1) is 5.52 Å². The molecule has 6 nitrogen and oxygen atoms in total. The molecule has 0 spiro atoms. The second-order valence-corrected chi connectivity index (χ2v) is 6.14. The number of ether oxygens (including phenoxy) is 1. The molecule has 0 aliphatic heterocycles. The Hall–Kier alpha value is -3.87. The largest absolute Gasteiger partial charge is 0.504 e. The van der Waals surface area contributed by atoms with E-state index in [1.807, 2.05) is 12.1 Å². The highest BCUT2D eigenvalue weighted by Crippen LogP contribution is 2.33. The van der Waals surface area contributed by atoms with Crippen LogP contribution in [0.4, 0.5) is 15.9 Å². The molecule has 0 radical (unpaired) electrons. The number of aromatic nitrogens is 2. The minimum absolute atomic E-state index is 0.236. The molecule has 0 saturated heterocycles. The van der Waals surface area contributed by atoms with Crippen molar-refractivity contribution in [3.8, 4) is 17.2 Å². The molecular formula is C21H16FN3O3. The van der Waals surface area contributed by atoms with Gasteiger partial charge in [-0.3, -0.25) is 0 Å². The third-order valence-corrected chi connectivity index (χ3v) is 4.17. The van der Waals surface area contributed by atoms with Gasteiger partial charge in [0.2, 0.25) is 0 Å². The summed E-state index contributed by atoms with van der Waals surface area (Å²) < 4.78 is 18.6. The van der Waals surface area contributed by atoms with Crippen molar-refractivity contribution in [3.63, 3.8) is 0 Å². The van der Waals surface area contributed by atoms with Gasteiger partial charge in [0, 0.05) is 17.1 Å². The van der Waals surface area contributed by atoms with Crippen molar-refractivity contribution in [1.29, 1.82) is 0 Å². The van der Waals surface area contributed by atoms with Gasteiger partial charge in [-0.05, 0) is 48.0 Å². The average Bonchev–Trinajstić information content (AvgIpc) is 2.70. The van der Waals surface area contributed by atoms with Gasteiger partial charge in [-0.15, -0.1) is 0 Å². The third kappa shape index (κ3) is 3.78. The number of aromatic hydroxyl groups is 2. The highest BCUT2D eigenvalue weighted by molar-refractivity contribution is 5.92. The van der Waals surface area contributed by atoms with E-state index in [4.69, 9.17) is 4.74 Å². The third-order valence-electron chi connectivity index (χ3n) is 4.17. The molecular weight excluding hydrogens is 361 g/mol. The number of hydrogen-bond acceptors (Lipinski definition) is 6. The molecule has 4 aromatic rings. The number of phenolic OH excluding ortho intramolecular Hbond substituents is 2. The summed E-state index contributed by atoms with van der Waals surface area (Å²) in [6.45, 7) is 0.340. The number of nitrogens with zero attached hydrogens (tertiary/aromatic N) is 2. The SMILES string of the molecule is Oc1cc2ncnc(Nc3ccc(OCc4ccc(F)cc4)cc3)c2cc1O. The molecule has 1 heterocycles. The van der Waals surface area contributed by atoms with Crippen LogP contribution in [-0.4, -0.2) is 20.2 Å². The number of halogens is 1. The van der Waals surface area contributed by atoms with Crippen LogP contribution in [0.15, 0.2) is 67.0 Å². The summed E-state index contributed by atoms with van der Waals surface area (Å²) in [6.07, 6.45) is 1.38. The minimum atomic E-state index is -0.278. The van der Waals surface area contributed by atoms with Gasteiger partial charge in [-0.25, -0.2) is 14.4 Å². The summed E-state index contributed by atoms with van der Waals surface area (Å²) in [5.74, 6) is 0.417. The number of anilines is 2. The molecule has 0 saturated carbocycles. The molecule has 0 atom stereocenters. The van der Waals surface area contributed by atoms with Crippen LogP contribution < -0.4 is 10.1 Å². The van der Waals surface area contributed by atoms with Gasteiger partial charge in [0.15, 0.2) is 11.5 Å². The Labute approximate surface area is 159 Å². The maximum absolute atomic E-state index is 12.9. The van der Waals surface area contributed by atoms with E-state index in [-0.39, 0.29) is 17.3 Å². The fourth-order valence-corrected chi connectivity index (χ4v) is 2.70. The van der Waals surface area contributed by atoms with E-state index >= 15 is 0 Å². The lowest BCUT2D eigenvalue weighted by molar-refractivity contribution is 0.306. The fraction of sp³-hybridized carbons (Fsp3) is 0.0476. The van der Waals surface area contributed by atoms with E-state index < -0.39 is 0 Å². The molecule has 0 aliphatic carbocycles. The van der Waals surface area contributed by atoms with Crippen molar-refractivity contribution in [2.75, 3.05) is 5.32 Å². The number of phenols is 2. The van der Waals surface area contributed by atoms with Gasteiger partial charge in [-0.1, -0.05) is 12.1 Å². The standard InChI is InChI=1S/C21H16FN3O3/c22-14-3-1-13(2-4-14)11-28-16-7-5-15(6-8-16)25-21-17-9-19(26)20(27)10-18(17)23-12-24-21/h1-10,12,26-27H,11H2,(H,23,24,25). The smallest absolute Gasteiger partial charge is 0.159 e. The number of hydrogen-bond donors (Lipinski definition) is 3. The molecule has 0 aliphatic rings. The van der Waals surface area contributed by atoms with Gasteiger partial charge in [-0.2, -0.15) is 0 Å². The molecule has 0 unspecified atom stereocenters. The molecule has 0 fully saturated rings. The lowest BCUT2D eigenvalue weighted by Gasteiger charge is -2.11. The first-order valence-electron chi connectivity index (χ1n) is 8.49. The predicted molar refractivity (Wildman–Crippen MR) is 103 cm³/mol. The van der Waals surface area contributed by atoms with E-state index in [1.165, 1.54) is 30.6 Å². The summed E-state index contributed by atoms with van der Waals surface area (Å²) in [7, 11) is 0. The van der Waals surface area contributed by atoms with E-state index in [1.54, 1.807) is 24.3 Å². The lowest BCUT2D eigenvalue weighted by Crippen LogP contribution is -1.97. The van der Waals surface area contributed by atoms with Crippen molar-refractivity contribution in [3.05, 3.63) is 78.4 Å². The number of benzene rings is 3. The summed E-state index contributed by atoms with van der Waals surface area (Å²) in [6, 6.07) is 16.2. The number of rotatable bonds is 5. The quantitative estimate of drug-likeness (QED) is 0.444. The zero-order valence-corrected chi connectivity index (χ0v) is 14.6. The first kappa shape index (κ1) is 17.5. The molecule has 1 aromatic heterocycles. The second-order valence-electron chi connectivity index (χ2n) is 6.14. The van der Waals surface area contributed by atoms with Gasteiger partial charge >= 0.3 is 0 Å². The molecule has 7 heteroatoms. The summed E-state index contributed by atoms with van der Waals surface area (Å²) in [5, 5.41) is 23.1. The monoisotopic (exact) mass is 377 g/mol. The minimum Gasteiger partial charge on any atom is -0.504 e. The van der Waals surface area contributed by atoms with Gasteiger partial charge in [0.1, 0.15) is 30.3 Å². The Kier molecular flexibility index (Phi) is 4.63. The Bertz CT molecular complexity index is 1120. The maximum atomic E-state index is 12.9. The van der Waals surface area contributed by atoms with E-state index in [9.17, 15) is 14.6 Å². The van der Waals surface area contributed by atoms with Crippen molar-refractivity contribution in [1.82, 2.24) is 9.97 Å². The van der Waals surface area contributed by atoms with E-state index in [2.05, 4.69) is 15.3 Å². The topological polar surface area (TPSA) is 87.5 Å². The summed E-state index contributed by atoms with van der Waals surface area (Å²) in [5.41, 5.74) is 2.15. The number of nitrogens with one attached hydrogen (secondary N) is 1. The molecule has 140 valence electrons. The van der Waals surface area contributed by atoms with Gasteiger partial charge in [0.25, 0.3) is 0 Å². The normalized spacial score (nSPS) is 10.8. The number of fused-ring (bicyclic) bond motifs is 1. The van der Waals surface area contributed by atoms with Gasteiger partial charge < -0.3 is 20.3 Å². The molecule has 28 heavy (non-hydrogen) atoms. The van der Waals surface area contributed by atoms with Crippen LogP contribution in [0.5, 0.6) is 17.2 Å².